The highest BCUT2D eigenvalue weighted by molar-refractivity contribution is 7.80. The second-order valence-electron chi connectivity index (χ2n) is 9.44. The number of aryl methyl sites for hydroxylation is 1. The number of ketones is 1. The summed E-state index contributed by atoms with van der Waals surface area (Å²) in [6.45, 7) is 1.72. The summed E-state index contributed by atoms with van der Waals surface area (Å²) in [5.74, 6) is 0.396. The number of methoxy groups -OCH3 is 1. The Balaban J connectivity index is 1.46. The zero-order valence-corrected chi connectivity index (χ0v) is 23.5. The minimum absolute atomic E-state index is 0.135. The van der Waals surface area contributed by atoms with Crippen molar-refractivity contribution in [1.82, 2.24) is 10.6 Å². The number of nitrogens with one attached hydrogen (secondary N) is 3. The molecule has 8 heteroatoms. The Morgan fingerprint density at radius 2 is 1.56 bits per heavy atom. The van der Waals surface area contributed by atoms with Gasteiger partial charge in [0.15, 0.2) is 29.0 Å². The molecule has 0 saturated heterocycles. The van der Waals surface area contributed by atoms with Crippen molar-refractivity contribution < 1.29 is 19.1 Å². The lowest BCUT2D eigenvalue weighted by Gasteiger charge is -2.32. The highest BCUT2D eigenvalue weighted by Crippen LogP contribution is 2.37. The van der Waals surface area contributed by atoms with Gasteiger partial charge >= 0.3 is 0 Å². The second-order valence-corrected chi connectivity index (χ2v) is 9.85. The Morgan fingerprint density at radius 1 is 0.878 bits per heavy atom. The lowest BCUT2D eigenvalue weighted by atomic mass is 9.87. The summed E-state index contributed by atoms with van der Waals surface area (Å²) in [4.78, 5) is 26.5. The van der Waals surface area contributed by atoms with Crippen molar-refractivity contribution in [3.05, 3.63) is 131 Å². The maximum atomic E-state index is 14.0. The third-order valence-corrected chi connectivity index (χ3v) is 6.93. The van der Waals surface area contributed by atoms with Crippen molar-refractivity contribution >= 4 is 40.4 Å². The third-order valence-electron chi connectivity index (χ3n) is 6.71. The molecule has 0 aromatic heterocycles. The van der Waals surface area contributed by atoms with E-state index in [1.54, 1.807) is 24.3 Å². The first-order valence-corrected chi connectivity index (χ1v) is 13.5. The Morgan fingerprint density at radius 3 is 2.27 bits per heavy atom. The van der Waals surface area contributed by atoms with Gasteiger partial charge in [0, 0.05) is 11.3 Å². The van der Waals surface area contributed by atoms with Crippen LogP contribution in [0.1, 0.15) is 33.1 Å². The van der Waals surface area contributed by atoms with Crippen molar-refractivity contribution in [3.8, 4) is 11.5 Å². The SMILES string of the molecule is COc1cc(C2NC(=S)NC(c3ccccc3)=C2C(=O)c2ccccc2)ccc1OCC(=O)Nc1ccccc1C. The van der Waals surface area contributed by atoms with Gasteiger partial charge in [0.2, 0.25) is 0 Å². The lowest BCUT2D eigenvalue weighted by Crippen LogP contribution is -2.44. The van der Waals surface area contributed by atoms with Crippen LogP contribution in [0.15, 0.2) is 109 Å². The number of benzene rings is 4. The van der Waals surface area contributed by atoms with Crippen LogP contribution in [0.4, 0.5) is 5.69 Å². The molecule has 1 unspecified atom stereocenters. The summed E-state index contributed by atoms with van der Waals surface area (Å²) in [7, 11) is 1.53. The molecule has 1 heterocycles. The van der Waals surface area contributed by atoms with E-state index in [1.165, 1.54) is 7.11 Å². The van der Waals surface area contributed by atoms with Gasteiger partial charge in [-0.25, -0.2) is 0 Å². The first kappa shape index (κ1) is 27.6. The number of thiocarbonyl (C=S) groups is 1. The Kier molecular flexibility index (Phi) is 8.41. The molecule has 4 aromatic carbocycles. The number of hydrogen-bond acceptors (Lipinski definition) is 5. The fourth-order valence-electron chi connectivity index (χ4n) is 4.66. The summed E-state index contributed by atoms with van der Waals surface area (Å²) in [5.41, 5.74) is 4.99. The molecule has 206 valence electrons. The molecule has 1 atom stereocenters. The number of ether oxygens (including phenoxy) is 2. The molecular formula is C33H29N3O4S. The van der Waals surface area contributed by atoms with Crippen LogP contribution < -0.4 is 25.4 Å². The van der Waals surface area contributed by atoms with E-state index in [2.05, 4.69) is 16.0 Å². The number of anilines is 1. The zero-order chi connectivity index (χ0) is 28.8. The first-order valence-electron chi connectivity index (χ1n) is 13.1. The van der Waals surface area contributed by atoms with Crippen LogP contribution >= 0.6 is 12.2 Å². The molecule has 0 fully saturated rings. The molecule has 3 N–H and O–H groups in total. The van der Waals surface area contributed by atoms with Crippen molar-refractivity contribution in [2.45, 2.75) is 13.0 Å². The van der Waals surface area contributed by atoms with Crippen LogP contribution in [-0.4, -0.2) is 30.5 Å². The van der Waals surface area contributed by atoms with Gasteiger partial charge in [0.1, 0.15) is 0 Å². The molecule has 41 heavy (non-hydrogen) atoms. The highest BCUT2D eigenvalue weighted by atomic mass is 32.1. The topological polar surface area (TPSA) is 88.7 Å². The van der Waals surface area contributed by atoms with E-state index in [0.717, 1.165) is 22.4 Å². The molecule has 0 saturated carbocycles. The second kappa shape index (κ2) is 12.5. The minimum Gasteiger partial charge on any atom is -0.493 e. The van der Waals surface area contributed by atoms with Crippen molar-refractivity contribution in [2.75, 3.05) is 19.0 Å². The van der Waals surface area contributed by atoms with Gasteiger partial charge in [-0.05, 0) is 54.0 Å². The molecule has 5 rings (SSSR count). The van der Waals surface area contributed by atoms with Crippen LogP contribution in [0.3, 0.4) is 0 Å². The molecule has 1 amide bonds. The van der Waals surface area contributed by atoms with Gasteiger partial charge in [-0.3, -0.25) is 9.59 Å². The fourth-order valence-corrected chi connectivity index (χ4v) is 4.88. The summed E-state index contributed by atoms with van der Waals surface area (Å²) < 4.78 is 11.5. The average molecular weight is 564 g/mol. The third kappa shape index (κ3) is 6.28. The molecule has 1 aliphatic rings. The van der Waals surface area contributed by atoms with E-state index in [9.17, 15) is 9.59 Å². The van der Waals surface area contributed by atoms with Crippen LogP contribution in [-0.2, 0) is 4.79 Å². The minimum atomic E-state index is -0.570. The predicted octanol–water partition coefficient (Wildman–Crippen LogP) is 5.83. The summed E-state index contributed by atoms with van der Waals surface area (Å²) in [6.07, 6.45) is 0. The van der Waals surface area contributed by atoms with E-state index < -0.39 is 6.04 Å². The van der Waals surface area contributed by atoms with Crippen molar-refractivity contribution in [2.24, 2.45) is 0 Å². The van der Waals surface area contributed by atoms with Gasteiger partial charge in [0.05, 0.1) is 24.4 Å². The van der Waals surface area contributed by atoms with Crippen LogP contribution in [0.25, 0.3) is 5.70 Å². The molecule has 1 aliphatic heterocycles. The quantitative estimate of drug-likeness (QED) is 0.174. The number of carbonyl (C=O) groups excluding carboxylic acids is 2. The number of para-hydroxylation sites is 1. The smallest absolute Gasteiger partial charge is 0.262 e. The number of amides is 1. The normalized spacial score (nSPS) is 14.5. The van der Waals surface area contributed by atoms with Crippen LogP contribution in [0, 0.1) is 6.92 Å². The van der Waals surface area contributed by atoms with Crippen LogP contribution in [0.5, 0.6) is 11.5 Å². The molecule has 4 aromatic rings. The largest absolute Gasteiger partial charge is 0.493 e. The molecular weight excluding hydrogens is 534 g/mol. The van der Waals surface area contributed by atoms with Gasteiger partial charge in [-0.2, -0.15) is 0 Å². The standard InChI is InChI=1S/C33H29N3O4S/c1-21-11-9-10-16-25(21)34-28(37)20-40-26-18-17-24(19-27(26)39-2)31-29(32(38)23-14-7-4-8-15-23)30(35-33(41)36-31)22-12-5-3-6-13-22/h3-19,31H,20H2,1-2H3,(H,34,37)(H2,35,36,41). The molecule has 0 spiro atoms. The van der Waals surface area contributed by atoms with Crippen molar-refractivity contribution in [3.63, 3.8) is 0 Å². The van der Waals surface area contributed by atoms with E-state index in [0.29, 0.717) is 33.4 Å². The van der Waals surface area contributed by atoms with Crippen molar-refractivity contribution in [1.29, 1.82) is 0 Å². The molecule has 0 aliphatic carbocycles. The van der Waals surface area contributed by atoms with E-state index in [-0.39, 0.29) is 18.3 Å². The average Bonchev–Trinajstić information content (AvgIpc) is 3.01. The molecule has 0 radical (unpaired) electrons. The zero-order valence-electron chi connectivity index (χ0n) is 22.6. The monoisotopic (exact) mass is 563 g/mol. The van der Waals surface area contributed by atoms with Gasteiger partial charge < -0.3 is 25.4 Å². The first-order chi connectivity index (χ1) is 19.9. The lowest BCUT2D eigenvalue weighted by molar-refractivity contribution is -0.118. The molecule has 0 bridgehead atoms. The fraction of sp³-hybridized carbons (Fsp3) is 0.121. The molecule has 7 nitrogen and oxygen atoms in total. The summed E-state index contributed by atoms with van der Waals surface area (Å²) in [6, 6.07) is 31.1. The number of Topliss-reactive ketones (excluding diaryl/α,β-unsaturated/α-hetero) is 1. The summed E-state index contributed by atoms with van der Waals surface area (Å²) in [5, 5.41) is 9.73. The van der Waals surface area contributed by atoms with Gasteiger partial charge in [-0.1, -0.05) is 84.9 Å². The number of carbonyl (C=O) groups is 2. The highest BCUT2D eigenvalue weighted by Gasteiger charge is 2.33. The summed E-state index contributed by atoms with van der Waals surface area (Å²) >= 11 is 5.57. The Bertz CT molecular complexity index is 1620. The van der Waals surface area contributed by atoms with Gasteiger partial charge in [0.25, 0.3) is 5.91 Å². The number of rotatable bonds is 9. The Labute approximate surface area is 244 Å². The maximum Gasteiger partial charge on any atom is 0.262 e. The Hall–Kier alpha value is -4.95. The van der Waals surface area contributed by atoms with Gasteiger partial charge in [-0.15, -0.1) is 0 Å². The van der Waals surface area contributed by atoms with E-state index >= 15 is 0 Å². The maximum absolute atomic E-state index is 14.0. The number of hydrogen-bond donors (Lipinski definition) is 3. The predicted molar refractivity (Wildman–Crippen MR) is 164 cm³/mol. The van der Waals surface area contributed by atoms with Crippen LogP contribution in [0.2, 0.25) is 0 Å². The van der Waals surface area contributed by atoms with E-state index in [1.807, 2.05) is 85.8 Å². The van der Waals surface area contributed by atoms with E-state index in [4.69, 9.17) is 21.7 Å².